The standard InChI is InChI=1S/C9H16O2/c1-4-8(9(10)11)6-5-7(2)3/h6-7H,4-5H2,1-3H3,(H,10,11). The molecule has 0 amide bonds. The second-order valence-electron chi connectivity index (χ2n) is 3.02. The van der Waals surface area contributed by atoms with Crippen molar-refractivity contribution in [1.29, 1.82) is 0 Å². The molecule has 0 rings (SSSR count). The molecule has 0 bridgehead atoms. The molecule has 0 spiro atoms. The van der Waals surface area contributed by atoms with Gasteiger partial charge in [0.05, 0.1) is 0 Å². The molecule has 0 aliphatic carbocycles. The molecule has 0 aliphatic heterocycles. The molecule has 0 radical (unpaired) electrons. The van der Waals surface area contributed by atoms with Gasteiger partial charge in [-0.15, -0.1) is 0 Å². The topological polar surface area (TPSA) is 37.3 Å². The summed E-state index contributed by atoms with van der Waals surface area (Å²) < 4.78 is 0. The minimum Gasteiger partial charge on any atom is -0.478 e. The molecule has 0 fully saturated rings. The van der Waals surface area contributed by atoms with E-state index in [2.05, 4.69) is 13.8 Å². The monoisotopic (exact) mass is 156 g/mol. The highest BCUT2D eigenvalue weighted by atomic mass is 16.4. The third-order valence-electron chi connectivity index (χ3n) is 1.49. The summed E-state index contributed by atoms with van der Waals surface area (Å²) in [4.78, 5) is 10.5. The molecule has 0 aliphatic rings. The van der Waals surface area contributed by atoms with Gasteiger partial charge >= 0.3 is 5.97 Å². The van der Waals surface area contributed by atoms with Crippen LogP contribution in [-0.2, 0) is 4.79 Å². The van der Waals surface area contributed by atoms with Gasteiger partial charge in [0.25, 0.3) is 0 Å². The first-order valence-electron chi connectivity index (χ1n) is 4.00. The van der Waals surface area contributed by atoms with Crippen LogP contribution in [0.3, 0.4) is 0 Å². The maximum Gasteiger partial charge on any atom is 0.331 e. The van der Waals surface area contributed by atoms with Gasteiger partial charge in [0.2, 0.25) is 0 Å². The molecule has 64 valence electrons. The lowest BCUT2D eigenvalue weighted by atomic mass is 10.1. The minimum absolute atomic E-state index is 0.527. The van der Waals surface area contributed by atoms with Gasteiger partial charge in [-0.25, -0.2) is 4.79 Å². The molecular weight excluding hydrogens is 140 g/mol. The fourth-order valence-corrected chi connectivity index (χ4v) is 0.761. The van der Waals surface area contributed by atoms with Crippen molar-refractivity contribution >= 4 is 5.97 Å². The van der Waals surface area contributed by atoms with Gasteiger partial charge in [0.15, 0.2) is 0 Å². The zero-order valence-corrected chi connectivity index (χ0v) is 7.42. The minimum atomic E-state index is -0.784. The lowest BCUT2D eigenvalue weighted by Gasteiger charge is -2.00. The van der Waals surface area contributed by atoms with Crippen molar-refractivity contribution in [2.24, 2.45) is 5.92 Å². The number of hydrogen-bond acceptors (Lipinski definition) is 1. The Bertz CT molecular complexity index is 157. The summed E-state index contributed by atoms with van der Waals surface area (Å²) in [6, 6.07) is 0. The molecule has 2 heteroatoms. The van der Waals surface area contributed by atoms with Crippen LogP contribution in [0.1, 0.15) is 33.6 Å². The predicted molar refractivity (Wildman–Crippen MR) is 45.5 cm³/mol. The second-order valence-corrected chi connectivity index (χ2v) is 3.02. The Balaban J connectivity index is 4.02. The van der Waals surface area contributed by atoms with Gasteiger partial charge in [0.1, 0.15) is 0 Å². The molecule has 0 saturated carbocycles. The highest BCUT2D eigenvalue weighted by Crippen LogP contribution is 2.07. The van der Waals surface area contributed by atoms with Crippen LogP contribution in [0.5, 0.6) is 0 Å². The predicted octanol–water partition coefficient (Wildman–Crippen LogP) is 2.45. The quantitative estimate of drug-likeness (QED) is 0.635. The summed E-state index contributed by atoms with van der Waals surface area (Å²) in [5, 5.41) is 8.62. The lowest BCUT2D eigenvalue weighted by molar-refractivity contribution is -0.132. The molecule has 0 aromatic heterocycles. The fourth-order valence-electron chi connectivity index (χ4n) is 0.761. The molecule has 0 unspecified atom stereocenters. The number of rotatable bonds is 4. The van der Waals surface area contributed by atoms with Crippen LogP contribution in [0.4, 0.5) is 0 Å². The van der Waals surface area contributed by atoms with Crippen molar-refractivity contribution < 1.29 is 9.90 Å². The second kappa shape index (κ2) is 4.94. The molecule has 0 saturated heterocycles. The van der Waals surface area contributed by atoms with E-state index in [1.807, 2.05) is 13.0 Å². The van der Waals surface area contributed by atoms with Crippen molar-refractivity contribution in [2.75, 3.05) is 0 Å². The number of carboxylic acids is 1. The molecule has 0 aromatic carbocycles. The number of allylic oxidation sites excluding steroid dienone is 1. The zero-order chi connectivity index (χ0) is 8.85. The van der Waals surface area contributed by atoms with E-state index in [4.69, 9.17) is 5.11 Å². The van der Waals surface area contributed by atoms with Crippen molar-refractivity contribution in [1.82, 2.24) is 0 Å². The Labute approximate surface area is 67.9 Å². The highest BCUT2D eigenvalue weighted by Gasteiger charge is 2.03. The summed E-state index contributed by atoms with van der Waals surface area (Å²) >= 11 is 0. The Morgan fingerprint density at radius 3 is 2.36 bits per heavy atom. The van der Waals surface area contributed by atoms with E-state index < -0.39 is 5.97 Å². The lowest BCUT2D eigenvalue weighted by Crippen LogP contribution is -1.99. The van der Waals surface area contributed by atoms with Crippen LogP contribution in [0, 0.1) is 5.92 Å². The molecule has 0 heterocycles. The molecule has 0 aromatic rings. The van der Waals surface area contributed by atoms with E-state index in [0.717, 1.165) is 6.42 Å². The molecule has 0 atom stereocenters. The molecular formula is C9H16O2. The summed E-state index contributed by atoms with van der Waals surface area (Å²) in [5.41, 5.74) is 0.527. The fraction of sp³-hybridized carbons (Fsp3) is 0.667. The van der Waals surface area contributed by atoms with Crippen molar-refractivity contribution in [3.05, 3.63) is 11.6 Å². The maximum absolute atomic E-state index is 10.5. The van der Waals surface area contributed by atoms with E-state index >= 15 is 0 Å². The van der Waals surface area contributed by atoms with Crippen LogP contribution >= 0.6 is 0 Å². The third kappa shape index (κ3) is 4.59. The Kier molecular flexibility index (Phi) is 4.59. The van der Waals surface area contributed by atoms with E-state index in [1.165, 1.54) is 0 Å². The number of carbonyl (C=O) groups is 1. The third-order valence-corrected chi connectivity index (χ3v) is 1.49. The van der Waals surface area contributed by atoms with Crippen LogP contribution in [-0.4, -0.2) is 11.1 Å². The summed E-state index contributed by atoms with van der Waals surface area (Å²) in [6.07, 6.45) is 3.28. The maximum atomic E-state index is 10.5. The number of aliphatic carboxylic acids is 1. The number of hydrogen-bond donors (Lipinski definition) is 1. The molecule has 11 heavy (non-hydrogen) atoms. The highest BCUT2D eigenvalue weighted by molar-refractivity contribution is 5.86. The van der Waals surface area contributed by atoms with Gasteiger partial charge < -0.3 is 5.11 Å². The van der Waals surface area contributed by atoms with E-state index in [0.29, 0.717) is 17.9 Å². The first-order valence-corrected chi connectivity index (χ1v) is 4.00. The van der Waals surface area contributed by atoms with Crippen LogP contribution in [0.2, 0.25) is 0 Å². The first kappa shape index (κ1) is 10.2. The van der Waals surface area contributed by atoms with Crippen LogP contribution in [0.25, 0.3) is 0 Å². The van der Waals surface area contributed by atoms with E-state index in [1.54, 1.807) is 0 Å². The van der Waals surface area contributed by atoms with Crippen molar-refractivity contribution in [2.45, 2.75) is 33.6 Å². The number of carboxylic acid groups (broad SMARTS) is 1. The first-order chi connectivity index (χ1) is 5.07. The van der Waals surface area contributed by atoms with Gasteiger partial charge in [-0.3, -0.25) is 0 Å². The molecule has 2 nitrogen and oxygen atoms in total. The van der Waals surface area contributed by atoms with Crippen LogP contribution < -0.4 is 0 Å². The smallest absolute Gasteiger partial charge is 0.331 e. The van der Waals surface area contributed by atoms with E-state index in [9.17, 15) is 4.79 Å². The van der Waals surface area contributed by atoms with E-state index in [-0.39, 0.29) is 0 Å². The average molecular weight is 156 g/mol. The summed E-state index contributed by atoms with van der Waals surface area (Å²) in [6.45, 7) is 6.01. The Hall–Kier alpha value is -0.790. The largest absolute Gasteiger partial charge is 0.478 e. The normalized spacial score (nSPS) is 12.2. The van der Waals surface area contributed by atoms with Crippen molar-refractivity contribution in [3.63, 3.8) is 0 Å². The zero-order valence-electron chi connectivity index (χ0n) is 7.42. The Morgan fingerprint density at radius 2 is 2.09 bits per heavy atom. The molecule has 1 N–H and O–H groups in total. The van der Waals surface area contributed by atoms with Gasteiger partial charge in [0, 0.05) is 5.57 Å². The van der Waals surface area contributed by atoms with Gasteiger partial charge in [-0.05, 0) is 18.8 Å². The summed E-state index contributed by atoms with van der Waals surface area (Å²) in [5.74, 6) is -0.246. The van der Waals surface area contributed by atoms with Crippen molar-refractivity contribution in [3.8, 4) is 0 Å². The van der Waals surface area contributed by atoms with Gasteiger partial charge in [-0.2, -0.15) is 0 Å². The van der Waals surface area contributed by atoms with Crippen LogP contribution in [0.15, 0.2) is 11.6 Å². The Morgan fingerprint density at radius 1 is 1.55 bits per heavy atom. The average Bonchev–Trinajstić information content (AvgIpc) is 1.87. The SMILES string of the molecule is CCC(=CCC(C)C)C(=O)O. The summed E-state index contributed by atoms with van der Waals surface area (Å²) in [7, 11) is 0. The van der Waals surface area contributed by atoms with Gasteiger partial charge in [-0.1, -0.05) is 26.8 Å².